The maximum atomic E-state index is 13.4. The van der Waals surface area contributed by atoms with Crippen molar-refractivity contribution in [1.29, 1.82) is 0 Å². The summed E-state index contributed by atoms with van der Waals surface area (Å²) in [7, 11) is -3.76. The standard InChI is InChI=1S/C24H39ClN2O3S/c1-2-3-4-5-6-7-8-9-10-13-20-27(23-14-11-12-19-26-24(23)28)31(29,30)22-17-15-21(25)16-18-22/h15-18,23H,2-14,19-20H2,1H3,(H,26,28). The Hall–Kier alpha value is -1.11. The summed E-state index contributed by atoms with van der Waals surface area (Å²) >= 11 is 5.94. The number of rotatable bonds is 14. The number of hydrogen-bond donors (Lipinski definition) is 1. The van der Waals surface area contributed by atoms with Crippen LogP contribution in [0, 0.1) is 0 Å². The van der Waals surface area contributed by atoms with Gasteiger partial charge in [-0.05, 0) is 49.9 Å². The Balaban J connectivity index is 1.94. The normalized spacial score (nSPS) is 17.5. The zero-order valence-electron chi connectivity index (χ0n) is 19.0. The molecular weight excluding hydrogens is 432 g/mol. The Morgan fingerprint density at radius 1 is 0.935 bits per heavy atom. The highest BCUT2D eigenvalue weighted by Gasteiger charge is 2.35. The molecule has 1 unspecified atom stereocenters. The molecule has 1 saturated heterocycles. The van der Waals surface area contributed by atoms with Crippen LogP contribution in [0.3, 0.4) is 0 Å². The van der Waals surface area contributed by atoms with Crippen molar-refractivity contribution in [3.63, 3.8) is 0 Å². The minimum absolute atomic E-state index is 0.179. The molecule has 0 spiro atoms. The molecule has 2 rings (SSSR count). The molecule has 31 heavy (non-hydrogen) atoms. The summed E-state index contributed by atoms with van der Waals surface area (Å²) in [5.41, 5.74) is 0. The molecule has 176 valence electrons. The minimum atomic E-state index is -3.76. The van der Waals surface area contributed by atoms with Crippen LogP contribution in [-0.4, -0.2) is 37.8 Å². The molecule has 1 atom stereocenters. The van der Waals surface area contributed by atoms with E-state index in [1.807, 2.05) is 0 Å². The zero-order valence-corrected chi connectivity index (χ0v) is 20.5. The van der Waals surface area contributed by atoms with Crippen LogP contribution in [0.2, 0.25) is 5.02 Å². The summed E-state index contributed by atoms with van der Waals surface area (Å²) in [5, 5.41) is 3.37. The van der Waals surface area contributed by atoms with E-state index in [9.17, 15) is 13.2 Å². The molecule has 0 saturated carbocycles. The fourth-order valence-corrected chi connectivity index (χ4v) is 5.92. The Kier molecular flexibility index (Phi) is 11.9. The van der Waals surface area contributed by atoms with Crippen molar-refractivity contribution in [1.82, 2.24) is 9.62 Å². The quantitative estimate of drug-likeness (QED) is 0.343. The van der Waals surface area contributed by atoms with Gasteiger partial charge < -0.3 is 5.32 Å². The number of unbranched alkanes of at least 4 members (excludes halogenated alkanes) is 9. The van der Waals surface area contributed by atoms with E-state index < -0.39 is 16.1 Å². The number of benzene rings is 1. The topological polar surface area (TPSA) is 66.5 Å². The van der Waals surface area contributed by atoms with Gasteiger partial charge in [0.1, 0.15) is 6.04 Å². The van der Waals surface area contributed by atoms with Crippen molar-refractivity contribution in [3.05, 3.63) is 29.3 Å². The van der Waals surface area contributed by atoms with Crippen LogP contribution in [0.4, 0.5) is 0 Å². The van der Waals surface area contributed by atoms with Gasteiger partial charge in [-0.25, -0.2) is 8.42 Å². The lowest BCUT2D eigenvalue weighted by atomic mass is 10.1. The summed E-state index contributed by atoms with van der Waals surface area (Å²) in [6, 6.07) is 5.58. The van der Waals surface area contributed by atoms with Crippen molar-refractivity contribution >= 4 is 27.5 Å². The van der Waals surface area contributed by atoms with E-state index in [1.165, 1.54) is 61.4 Å². The Morgan fingerprint density at radius 2 is 1.52 bits per heavy atom. The molecule has 1 fully saturated rings. The number of halogens is 1. The second-order valence-electron chi connectivity index (χ2n) is 8.55. The molecule has 0 bridgehead atoms. The van der Waals surface area contributed by atoms with Gasteiger partial charge in [0.2, 0.25) is 15.9 Å². The highest BCUT2D eigenvalue weighted by atomic mass is 35.5. The molecule has 5 nitrogen and oxygen atoms in total. The van der Waals surface area contributed by atoms with Gasteiger partial charge >= 0.3 is 0 Å². The highest BCUT2D eigenvalue weighted by molar-refractivity contribution is 7.89. The number of nitrogens with one attached hydrogen (secondary N) is 1. The largest absolute Gasteiger partial charge is 0.355 e. The lowest BCUT2D eigenvalue weighted by Gasteiger charge is -2.29. The van der Waals surface area contributed by atoms with Gasteiger partial charge in [-0.1, -0.05) is 76.3 Å². The number of sulfonamides is 1. The maximum Gasteiger partial charge on any atom is 0.243 e. The van der Waals surface area contributed by atoms with Crippen LogP contribution < -0.4 is 5.32 Å². The first-order valence-electron chi connectivity index (χ1n) is 12.0. The van der Waals surface area contributed by atoms with E-state index in [-0.39, 0.29) is 10.8 Å². The second kappa shape index (κ2) is 14.1. The summed E-state index contributed by atoms with van der Waals surface area (Å²) in [6.45, 7) is 3.22. The van der Waals surface area contributed by atoms with Gasteiger partial charge in [0.25, 0.3) is 0 Å². The Bertz CT molecular complexity index is 753. The van der Waals surface area contributed by atoms with Gasteiger partial charge in [0.15, 0.2) is 0 Å². The number of amides is 1. The summed E-state index contributed by atoms with van der Waals surface area (Å²) in [5.74, 6) is -0.179. The van der Waals surface area contributed by atoms with E-state index in [0.29, 0.717) is 24.5 Å². The first-order valence-corrected chi connectivity index (χ1v) is 13.8. The third-order valence-electron chi connectivity index (χ3n) is 6.01. The number of carbonyl (C=O) groups is 1. The van der Waals surface area contributed by atoms with Gasteiger partial charge in [-0.2, -0.15) is 4.31 Å². The predicted molar refractivity (Wildman–Crippen MR) is 128 cm³/mol. The molecule has 1 amide bonds. The van der Waals surface area contributed by atoms with Crippen LogP contribution in [0.1, 0.15) is 90.4 Å². The molecule has 1 aliphatic heterocycles. The molecule has 1 aromatic carbocycles. The molecule has 1 aliphatic rings. The van der Waals surface area contributed by atoms with Crippen molar-refractivity contribution < 1.29 is 13.2 Å². The summed E-state index contributed by atoms with van der Waals surface area (Å²) < 4.78 is 28.2. The number of hydrogen-bond acceptors (Lipinski definition) is 3. The fourth-order valence-electron chi connectivity index (χ4n) is 4.14. The van der Waals surface area contributed by atoms with Gasteiger partial charge in [-0.3, -0.25) is 4.79 Å². The van der Waals surface area contributed by atoms with Crippen molar-refractivity contribution in [2.24, 2.45) is 0 Å². The Labute approximate surface area is 194 Å². The highest BCUT2D eigenvalue weighted by Crippen LogP contribution is 2.24. The molecule has 7 heteroatoms. The van der Waals surface area contributed by atoms with E-state index in [1.54, 1.807) is 12.1 Å². The van der Waals surface area contributed by atoms with Gasteiger partial charge in [-0.15, -0.1) is 0 Å². The van der Waals surface area contributed by atoms with Crippen LogP contribution >= 0.6 is 11.6 Å². The average molecular weight is 471 g/mol. The summed E-state index contributed by atoms with van der Waals surface area (Å²) in [4.78, 5) is 12.8. The molecule has 1 N–H and O–H groups in total. The first-order chi connectivity index (χ1) is 15.0. The molecular formula is C24H39ClN2O3S. The smallest absolute Gasteiger partial charge is 0.243 e. The minimum Gasteiger partial charge on any atom is -0.355 e. The maximum absolute atomic E-state index is 13.4. The van der Waals surface area contributed by atoms with Crippen molar-refractivity contribution in [2.75, 3.05) is 13.1 Å². The second-order valence-corrected chi connectivity index (χ2v) is 10.9. The predicted octanol–water partition coefficient (Wildman–Crippen LogP) is 5.92. The van der Waals surface area contributed by atoms with E-state index in [0.717, 1.165) is 32.1 Å². The van der Waals surface area contributed by atoms with Crippen LogP contribution in [-0.2, 0) is 14.8 Å². The van der Waals surface area contributed by atoms with E-state index in [2.05, 4.69) is 12.2 Å². The average Bonchev–Trinajstić information content (AvgIpc) is 2.96. The SMILES string of the molecule is CCCCCCCCCCCCN(C1CCCCNC1=O)S(=O)(=O)c1ccc(Cl)cc1. The third kappa shape index (κ3) is 8.74. The zero-order chi connectivity index (χ0) is 22.5. The molecule has 1 heterocycles. The fraction of sp³-hybridized carbons (Fsp3) is 0.708. The van der Waals surface area contributed by atoms with Gasteiger partial charge in [0, 0.05) is 18.1 Å². The molecule has 1 aromatic rings. The Morgan fingerprint density at radius 3 is 2.13 bits per heavy atom. The molecule has 0 aromatic heterocycles. The lowest BCUT2D eigenvalue weighted by molar-refractivity contribution is -0.124. The van der Waals surface area contributed by atoms with Crippen molar-refractivity contribution in [3.8, 4) is 0 Å². The van der Waals surface area contributed by atoms with Crippen LogP contribution in [0.15, 0.2) is 29.2 Å². The van der Waals surface area contributed by atoms with Crippen molar-refractivity contribution in [2.45, 2.75) is 101 Å². The lowest BCUT2D eigenvalue weighted by Crippen LogP contribution is -2.49. The van der Waals surface area contributed by atoms with E-state index >= 15 is 0 Å². The number of nitrogens with zero attached hydrogens (tertiary/aromatic N) is 1. The van der Waals surface area contributed by atoms with E-state index in [4.69, 9.17) is 11.6 Å². The van der Waals surface area contributed by atoms with Crippen LogP contribution in [0.25, 0.3) is 0 Å². The monoisotopic (exact) mass is 470 g/mol. The first kappa shape index (κ1) is 26.1. The van der Waals surface area contributed by atoms with Crippen LogP contribution in [0.5, 0.6) is 0 Å². The molecule has 0 aliphatic carbocycles. The molecule has 0 radical (unpaired) electrons. The third-order valence-corrected chi connectivity index (χ3v) is 8.18. The number of carbonyl (C=O) groups excluding carboxylic acids is 1. The van der Waals surface area contributed by atoms with Gasteiger partial charge in [0.05, 0.1) is 4.90 Å². The summed E-state index contributed by atoms with van der Waals surface area (Å²) in [6.07, 6.45) is 14.1.